The number of aliphatic hydroxyl groups is 3. The number of nitrogens with two attached hydrogens (primary N) is 2. The van der Waals surface area contributed by atoms with Crippen LogP contribution in [0.25, 0.3) is 0 Å². The van der Waals surface area contributed by atoms with Crippen molar-refractivity contribution in [3.05, 3.63) is 0 Å². The fourth-order valence-corrected chi connectivity index (χ4v) is 0.150. The van der Waals surface area contributed by atoms with Crippen molar-refractivity contribution >= 4 is 5.97 Å². The fraction of sp³-hybridized carbons (Fsp3) is 0.857. The largest absolute Gasteiger partial charge is 0.480 e. The van der Waals surface area contributed by atoms with Gasteiger partial charge in [-0.15, -0.1) is 0 Å². The van der Waals surface area contributed by atoms with Gasteiger partial charge in [-0.3, -0.25) is 4.79 Å². The van der Waals surface area contributed by atoms with Crippen molar-refractivity contribution in [3.8, 4) is 0 Å². The van der Waals surface area contributed by atoms with Gasteiger partial charge in [-0.05, 0) is 6.92 Å². The third-order valence-electron chi connectivity index (χ3n) is 1.33. The molecule has 0 fully saturated rings. The molecule has 0 spiro atoms. The first-order chi connectivity index (χ1) is 6.32. The Morgan fingerprint density at radius 1 is 1.29 bits per heavy atom. The van der Waals surface area contributed by atoms with Crippen LogP contribution in [0, 0.1) is 0 Å². The lowest BCUT2D eigenvalue weighted by molar-refractivity contribution is -0.138. The lowest BCUT2D eigenvalue weighted by Crippen LogP contribution is -2.50. The van der Waals surface area contributed by atoms with E-state index in [2.05, 4.69) is 0 Å². The zero-order valence-electron chi connectivity index (χ0n) is 8.05. The molecule has 0 aliphatic rings. The minimum Gasteiger partial charge on any atom is -0.480 e. The van der Waals surface area contributed by atoms with Crippen LogP contribution in [-0.2, 0) is 4.79 Å². The molecule has 1 unspecified atom stereocenters. The Bertz CT molecular complexity index is 150. The average molecular weight is 210 g/mol. The van der Waals surface area contributed by atoms with E-state index >= 15 is 0 Å². The summed E-state index contributed by atoms with van der Waals surface area (Å²) in [6.07, 6.45) is 0. The van der Waals surface area contributed by atoms with Gasteiger partial charge in [0.15, 0.2) is 0 Å². The van der Waals surface area contributed by atoms with Crippen molar-refractivity contribution in [2.24, 2.45) is 11.5 Å². The topological polar surface area (TPSA) is 150 Å². The standard InChI is InChI=1S/C4H11NO3.C3H7NO2/c5-4(1-6,2-7)3-8;1-2(4)3(5)6/h6-8H,1-3,5H2;2H,4H2,1H3,(H,5,6). The first-order valence-corrected chi connectivity index (χ1v) is 3.93. The molecule has 0 amide bonds. The van der Waals surface area contributed by atoms with Crippen LogP contribution >= 0.6 is 0 Å². The summed E-state index contributed by atoms with van der Waals surface area (Å²) in [6.45, 7) is 0.211. The number of carboxylic acid groups (broad SMARTS) is 1. The second-order valence-corrected chi connectivity index (χ2v) is 2.96. The molecule has 0 aliphatic carbocycles. The number of rotatable bonds is 4. The number of aliphatic hydroxyl groups excluding tert-OH is 3. The van der Waals surface area contributed by atoms with E-state index in [-0.39, 0.29) is 0 Å². The third-order valence-corrected chi connectivity index (χ3v) is 1.33. The molecular formula is C7H18N2O5. The van der Waals surface area contributed by atoms with Crippen molar-refractivity contribution < 1.29 is 25.2 Å². The van der Waals surface area contributed by atoms with Crippen LogP contribution in [-0.4, -0.2) is 57.8 Å². The highest BCUT2D eigenvalue weighted by Gasteiger charge is 2.20. The highest BCUT2D eigenvalue weighted by atomic mass is 16.4. The van der Waals surface area contributed by atoms with Crippen molar-refractivity contribution in [1.82, 2.24) is 0 Å². The third kappa shape index (κ3) is 7.90. The molecule has 0 aromatic carbocycles. The number of carbonyl (C=O) groups is 1. The van der Waals surface area contributed by atoms with Gasteiger partial charge in [0.05, 0.1) is 25.4 Å². The van der Waals surface area contributed by atoms with Gasteiger partial charge in [0.1, 0.15) is 6.04 Å². The summed E-state index contributed by atoms with van der Waals surface area (Å²) in [6, 6.07) is -0.731. The lowest BCUT2D eigenvalue weighted by Gasteiger charge is -2.20. The maximum Gasteiger partial charge on any atom is 0.320 e. The molecule has 8 N–H and O–H groups in total. The molecule has 0 bridgehead atoms. The van der Waals surface area contributed by atoms with E-state index in [1.54, 1.807) is 0 Å². The fourth-order valence-electron chi connectivity index (χ4n) is 0.150. The number of hydrogen-bond acceptors (Lipinski definition) is 6. The Morgan fingerprint density at radius 3 is 1.50 bits per heavy atom. The van der Waals surface area contributed by atoms with Gasteiger partial charge in [-0.25, -0.2) is 0 Å². The summed E-state index contributed by atoms with van der Waals surface area (Å²) < 4.78 is 0. The molecule has 0 aromatic rings. The van der Waals surface area contributed by atoms with Gasteiger partial charge in [-0.2, -0.15) is 0 Å². The summed E-state index contributed by atoms with van der Waals surface area (Å²) in [5.74, 6) is -0.963. The quantitative estimate of drug-likeness (QED) is 0.291. The van der Waals surface area contributed by atoms with Crippen LogP contribution in [0.5, 0.6) is 0 Å². The molecule has 14 heavy (non-hydrogen) atoms. The van der Waals surface area contributed by atoms with E-state index in [1.807, 2.05) is 0 Å². The number of carboxylic acids is 1. The second kappa shape index (κ2) is 7.65. The SMILES string of the molecule is CC(N)C(=O)O.NC(CO)(CO)CO. The van der Waals surface area contributed by atoms with E-state index in [0.29, 0.717) is 0 Å². The number of hydrogen-bond donors (Lipinski definition) is 6. The minimum absolute atomic E-state index is 0.403. The summed E-state index contributed by atoms with van der Waals surface area (Å²) in [4.78, 5) is 9.57. The Labute approximate surface area is 82.0 Å². The van der Waals surface area contributed by atoms with Gasteiger partial charge < -0.3 is 31.9 Å². The zero-order chi connectivity index (χ0) is 11.8. The summed E-state index contributed by atoms with van der Waals surface area (Å²) >= 11 is 0. The van der Waals surface area contributed by atoms with Gasteiger partial charge in [0.2, 0.25) is 0 Å². The smallest absolute Gasteiger partial charge is 0.320 e. The molecule has 7 nitrogen and oxygen atoms in total. The lowest BCUT2D eigenvalue weighted by atomic mass is 10.1. The van der Waals surface area contributed by atoms with Gasteiger partial charge in [0.25, 0.3) is 0 Å². The predicted molar refractivity (Wildman–Crippen MR) is 49.5 cm³/mol. The Balaban J connectivity index is 0. The van der Waals surface area contributed by atoms with Crippen LogP contribution in [0.3, 0.4) is 0 Å². The maximum absolute atomic E-state index is 9.57. The normalized spacial score (nSPS) is 12.7. The highest BCUT2D eigenvalue weighted by molar-refractivity contribution is 5.72. The van der Waals surface area contributed by atoms with E-state index in [1.165, 1.54) is 6.92 Å². The molecule has 0 saturated carbocycles. The molecule has 0 radical (unpaired) electrons. The van der Waals surface area contributed by atoms with E-state index in [4.69, 9.17) is 31.9 Å². The van der Waals surface area contributed by atoms with Crippen molar-refractivity contribution in [3.63, 3.8) is 0 Å². The highest BCUT2D eigenvalue weighted by Crippen LogP contribution is 1.93. The summed E-state index contributed by atoms with van der Waals surface area (Å²) in [5, 5.41) is 32.9. The monoisotopic (exact) mass is 210 g/mol. The molecule has 0 aliphatic heterocycles. The van der Waals surface area contributed by atoms with E-state index < -0.39 is 37.4 Å². The molecule has 1 atom stereocenters. The molecule has 0 rings (SSSR count). The summed E-state index contributed by atoms with van der Waals surface area (Å²) in [5.41, 5.74) is 8.77. The maximum atomic E-state index is 9.57. The first kappa shape index (κ1) is 15.7. The Morgan fingerprint density at radius 2 is 1.50 bits per heavy atom. The van der Waals surface area contributed by atoms with Crippen LogP contribution in [0.4, 0.5) is 0 Å². The predicted octanol–water partition coefficient (Wildman–Crippen LogP) is -2.92. The molecule has 7 heteroatoms. The van der Waals surface area contributed by atoms with Crippen LogP contribution < -0.4 is 11.5 Å². The first-order valence-electron chi connectivity index (χ1n) is 3.93. The van der Waals surface area contributed by atoms with Crippen molar-refractivity contribution in [2.45, 2.75) is 18.5 Å². The van der Waals surface area contributed by atoms with Crippen molar-refractivity contribution in [1.29, 1.82) is 0 Å². The molecule has 0 saturated heterocycles. The second-order valence-electron chi connectivity index (χ2n) is 2.96. The van der Waals surface area contributed by atoms with Crippen LogP contribution in [0.15, 0.2) is 0 Å². The van der Waals surface area contributed by atoms with Crippen LogP contribution in [0.2, 0.25) is 0 Å². The minimum atomic E-state index is -1.21. The number of aliphatic carboxylic acids is 1. The van der Waals surface area contributed by atoms with Gasteiger partial charge >= 0.3 is 5.97 Å². The molecule has 0 heterocycles. The Hall–Kier alpha value is -0.730. The van der Waals surface area contributed by atoms with Gasteiger partial charge in [-0.1, -0.05) is 0 Å². The average Bonchev–Trinajstić information content (AvgIpc) is 2.17. The molecular weight excluding hydrogens is 192 g/mol. The summed E-state index contributed by atoms with van der Waals surface area (Å²) in [7, 11) is 0. The van der Waals surface area contributed by atoms with Crippen LogP contribution in [0.1, 0.15) is 6.92 Å². The molecule has 86 valence electrons. The Kier molecular flexibility index (Phi) is 8.60. The van der Waals surface area contributed by atoms with Crippen molar-refractivity contribution in [2.75, 3.05) is 19.8 Å². The van der Waals surface area contributed by atoms with E-state index in [9.17, 15) is 4.79 Å². The molecule has 0 aromatic heterocycles. The van der Waals surface area contributed by atoms with E-state index in [0.717, 1.165) is 0 Å². The van der Waals surface area contributed by atoms with Gasteiger partial charge in [0, 0.05) is 0 Å². The zero-order valence-corrected chi connectivity index (χ0v) is 8.05.